The van der Waals surface area contributed by atoms with E-state index >= 15 is 0 Å². The Bertz CT molecular complexity index is 412. The molecule has 1 N–H and O–H groups in total. The standard InChI is InChI=1S/C13H21N3O2S/c17-5-1-11-10-16(15-14-11)12-2-6-18-13(9-12)3-7-19-8-4-13/h10,12,17H,1-9H2. The molecule has 6 heteroatoms. The van der Waals surface area contributed by atoms with E-state index in [0.29, 0.717) is 12.5 Å². The molecule has 2 fully saturated rings. The predicted octanol–water partition coefficient (Wildman–Crippen LogP) is 1.43. The quantitative estimate of drug-likeness (QED) is 0.909. The molecule has 1 spiro atoms. The lowest BCUT2D eigenvalue weighted by Crippen LogP contribution is -2.43. The molecule has 1 aromatic rings. The second kappa shape index (κ2) is 5.81. The first-order valence-corrected chi connectivity index (χ1v) is 8.20. The maximum atomic E-state index is 8.94. The van der Waals surface area contributed by atoms with Crippen molar-refractivity contribution in [1.82, 2.24) is 15.0 Å². The third-order valence-corrected chi connectivity index (χ3v) is 5.16. The Morgan fingerprint density at radius 1 is 1.47 bits per heavy atom. The highest BCUT2D eigenvalue weighted by Crippen LogP contribution is 2.41. The second-order valence-corrected chi connectivity index (χ2v) is 6.68. The van der Waals surface area contributed by atoms with Gasteiger partial charge in [-0.25, -0.2) is 4.68 Å². The lowest BCUT2D eigenvalue weighted by molar-refractivity contribution is -0.100. The van der Waals surface area contributed by atoms with Gasteiger partial charge < -0.3 is 9.84 Å². The number of aliphatic hydroxyl groups is 1. The minimum Gasteiger partial charge on any atom is -0.396 e. The first kappa shape index (κ1) is 13.4. The van der Waals surface area contributed by atoms with E-state index in [4.69, 9.17) is 9.84 Å². The molecule has 0 saturated carbocycles. The summed E-state index contributed by atoms with van der Waals surface area (Å²) in [5.41, 5.74) is 0.958. The minimum atomic E-state index is 0.0806. The monoisotopic (exact) mass is 283 g/mol. The molecule has 0 radical (unpaired) electrons. The van der Waals surface area contributed by atoms with Crippen LogP contribution in [0.15, 0.2) is 6.20 Å². The highest BCUT2D eigenvalue weighted by molar-refractivity contribution is 7.99. The first-order chi connectivity index (χ1) is 9.31. The van der Waals surface area contributed by atoms with Crippen LogP contribution in [0.3, 0.4) is 0 Å². The predicted molar refractivity (Wildman–Crippen MR) is 74.3 cm³/mol. The van der Waals surface area contributed by atoms with Crippen LogP contribution in [-0.2, 0) is 11.2 Å². The summed E-state index contributed by atoms with van der Waals surface area (Å²) in [7, 11) is 0. The van der Waals surface area contributed by atoms with Gasteiger partial charge in [-0.2, -0.15) is 11.8 Å². The first-order valence-electron chi connectivity index (χ1n) is 7.05. The van der Waals surface area contributed by atoms with Crippen LogP contribution < -0.4 is 0 Å². The van der Waals surface area contributed by atoms with E-state index in [0.717, 1.165) is 38.0 Å². The smallest absolute Gasteiger partial charge is 0.0850 e. The average molecular weight is 283 g/mol. The van der Waals surface area contributed by atoms with E-state index in [9.17, 15) is 0 Å². The zero-order valence-corrected chi connectivity index (χ0v) is 11.9. The molecule has 0 aliphatic carbocycles. The van der Waals surface area contributed by atoms with Gasteiger partial charge in [-0.15, -0.1) is 5.10 Å². The molecule has 2 aliphatic heterocycles. The van der Waals surface area contributed by atoms with Crippen molar-refractivity contribution in [2.24, 2.45) is 0 Å². The van der Waals surface area contributed by atoms with Crippen molar-refractivity contribution in [2.75, 3.05) is 24.7 Å². The topological polar surface area (TPSA) is 60.2 Å². The summed E-state index contributed by atoms with van der Waals surface area (Å²) in [6, 6.07) is 0.400. The van der Waals surface area contributed by atoms with Gasteiger partial charge in [-0.05, 0) is 37.2 Å². The van der Waals surface area contributed by atoms with Crippen molar-refractivity contribution in [3.63, 3.8) is 0 Å². The number of hydrogen-bond donors (Lipinski definition) is 1. The van der Waals surface area contributed by atoms with Crippen molar-refractivity contribution in [3.8, 4) is 0 Å². The molecule has 0 bridgehead atoms. The van der Waals surface area contributed by atoms with Gasteiger partial charge in [-0.1, -0.05) is 5.21 Å². The lowest BCUT2D eigenvalue weighted by atomic mass is 9.85. The Hall–Kier alpha value is -0.590. The maximum absolute atomic E-state index is 8.94. The minimum absolute atomic E-state index is 0.0806. The van der Waals surface area contributed by atoms with Crippen molar-refractivity contribution >= 4 is 11.8 Å². The van der Waals surface area contributed by atoms with Crippen LogP contribution in [0, 0.1) is 0 Å². The van der Waals surface area contributed by atoms with Gasteiger partial charge in [0.25, 0.3) is 0 Å². The number of aromatic nitrogens is 3. The van der Waals surface area contributed by atoms with Gasteiger partial charge in [0.1, 0.15) is 0 Å². The molecule has 5 nitrogen and oxygen atoms in total. The summed E-state index contributed by atoms with van der Waals surface area (Å²) >= 11 is 2.03. The number of hydrogen-bond acceptors (Lipinski definition) is 5. The molecule has 1 atom stereocenters. The van der Waals surface area contributed by atoms with Crippen LogP contribution in [0.5, 0.6) is 0 Å². The van der Waals surface area contributed by atoms with Gasteiger partial charge >= 0.3 is 0 Å². The summed E-state index contributed by atoms with van der Waals surface area (Å²) in [5, 5.41) is 17.3. The molecule has 2 aliphatic rings. The number of rotatable bonds is 3. The van der Waals surface area contributed by atoms with Gasteiger partial charge in [-0.3, -0.25) is 0 Å². The van der Waals surface area contributed by atoms with E-state index in [1.54, 1.807) is 0 Å². The zero-order chi connectivity index (χ0) is 13.1. The van der Waals surface area contributed by atoms with Crippen molar-refractivity contribution in [2.45, 2.75) is 43.7 Å². The summed E-state index contributed by atoms with van der Waals surface area (Å²) < 4.78 is 8.08. The van der Waals surface area contributed by atoms with Gasteiger partial charge in [0, 0.05) is 25.8 Å². The molecular weight excluding hydrogens is 262 g/mol. The van der Waals surface area contributed by atoms with E-state index in [-0.39, 0.29) is 12.2 Å². The Balaban J connectivity index is 1.69. The highest BCUT2D eigenvalue weighted by Gasteiger charge is 2.39. The fourth-order valence-corrected chi connectivity index (χ4v) is 4.28. The molecule has 106 valence electrons. The number of nitrogens with zero attached hydrogens (tertiary/aromatic N) is 3. The molecule has 0 amide bonds. The second-order valence-electron chi connectivity index (χ2n) is 5.45. The molecule has 19 heavy (non-hydrogen) atoms. The van der Waals surface area contributed by atoms with E-state index < -0.39 is 0 Å². The lowest BCUT2D eigenvalue weighted by Gasteiger charge is -2.43. The Morgan fingerprint density at radius 3 is 3.11 bits per heavy atom. The van der Waals surface area contributed by atoms with Crippen LogP contribution in [0.25, 0.3) is 0 Å². The van der Waals surface area contributed by atoms with Crippen molar-refractivity contribution in [3.05, 3.63) is 11.9 Å². The summed E-state index contributed by atoms with van der Waals surface area (Å²) in [6.07, 6.45) is 6.95. The molecule has 0 aromatic carbocycles. The SMILES string of the molecule is OCCc1cn(C2CCOC3(CCSCC3)C2)nn1. The van der Waals surface area contributed by atoms with Crippen LogP contribution in [0.1, 0.15) is 37.4 Å². The number of thioether (sulfide) groups is 1. The average Bonchev–Trinajstić information content (AvgIpc) is 2.89. The van der Waals surface area contributed by atoms with Gasteiger partial charge in [0.15, 0.2) is 0 Å². The van der Waals surface area contributed by atoms with Crippen LogP contribution in [-0.4, -0.2) is 50.4 Å². The normalized spacial score (nSPS) is 26.7. The van der Waals surface area contributed by atoms with E-state index in [1.807, 2.05) is 22.6 Å². The highest BCUT2D eigenvalue weighted by atomic mass is 32.2. The van der Waals surface area contributed by atoms with Crippen LogP contribution in [0.2, 0.25) is 0 Å². The Labute approximate surface area is 117 Å². The molecule has 1 aromatic heterocycles. The molecule has 3 rings (SSSR count). The Morgan fingerprint density at radius 2 is 2.32 bits per heavy atom. The third kappa shape index (κ3) is 2.95. The fourth-order valence-electron chi connectivity index (χ4n) is 3.04. The summed E-state index contributed by atoms with van der Waals surface area (Å²) in [6.45, 7) is 0.957. The number of aliphatic hydroxyl groups excluding tert-OH is 1. The summed E-state index contributed by atoms with van der Waals surface area (Å²) in [5.74, 6) is 2.42. The third-order valence-electron chi connectivity index (χ3n) is 4.17. The zero-order valence-electron chi connectivity index (χ0n) is 11.1. The summed E-state index contributed by atoms with van der Waals surface area (Å²) in [4.78, 5) is 0. The van der Waals surface area contributed by atoms with Gasteiger partial charge in [0.2, 0.25) is 0 Å². The molecular formula is C13H21N3O2S. The van der Waals surface area contributed by atoms with E-state index in [1.165, 1.54) is 11.5 Å². The van der Waals surface area contributed by atoms with Gasteiger partial charge in [0.05, 0.1) is 17.3 Å². The van der Waals surface area contributed by atoms with Crippen molar-refractivity contribution < 1.29 is 9.84 Å². The molecule has 1 unspecified atom stereocenters. The van der Waals surface area contributed by atoms with Crippen LogP contribution in [0.4, 0.5) is 0 Å². The van der Waals surface area contributed by atoms with E-state index in [2.05, 4.69) is 10.3 Å². The molecule has 3 heterocycles. The Kier molecular flexibility index (Phi) is 4.10. The van der Waals surface area contributed by atoms with Crippen LogP contribution >= 0.6 is 11.8 Å². The molecule has 2 saturated heterocycles. The number of ether oxygens (including phenoxy) is 1. The maximum Gasteiger partial charge on any atom is 0.0850 e. The largest absolute Gasteiger partial charge is 0.396 e. The van der Waals surface area contributed by atoms with Crippen molar-refractivity contribution in [1.29, 1.82) is 0 Å². The fraction of sp³-hybridized carbons (Fsp3) is 0.846.